The van der Waals surface area contributed by atoms with Gasteiger partial charge in [-0.25, -0.2) is 4.99 Å². The number of carbonyl (C=O) groups excluding carboxylic acids is 1. The number of morpholine rings is 1. The summed E-state index contributed by atoms with van der Waals surface area (Å²) in [5, 5.41) is 7.30. The lowest BCUT2D eigenvalue weighted by atomic mass is 10.0. The number of benzene rings is 1. The minimum atomic E-state index is -0.0327. The van der Waals surface area contributed by atoms with Crippen molar-refractivity contribution in [2.45, 2.75) is 13.0 Å². The number of aliphatic imine (C=N–C) groups is 1. The van der Waals surface area contributed by atoms with Crippen LogP contribution in [0.2, 0.25) is 5.02 Å². The van der Waals surface area contributed by atoms with Gasteiger partial charge in [0.15, 0.2) is 5.96 Å². The molecular formula is C19H30ClN5O2. The Morgan fingerprint density at radius 1 is 1.26 bits per heavy atom. The standard InChI is InChI=1S/C19H30ClN5O2/c1-4-21-19(23-14-18(26)24(2)3)22-13-17(25-9-11-27-12-10-25)15-5-7-16(20)8-6-15/h5-8,17H,4,9-14H2,1-3H3,(H2,21,22,23). The molecule has 8 heteroatoms. The molecule has 27 heavy (non-hydrogen) atoms. The van der Waals surface area contributed by atoms with Gasteiger partial charge in [-0.15, -0.1) is 0 Å². The van der Waals surface area contributed by atoms with Gasteiger partial charge < -0.3 is 20.3 Å². The predicted molar refractivity (Wildman–Crippen MR) is 109 cm³/mol. The molecular weight excluding hydrogens is 366 g/mol. The quantitative estimate of drug-likeness (QED) is 0.539. The predicted octanol–water partition coefficient (Wildman–Crippen LogP) is 1.36. The first-order valence-corrected chi connectivity index (χ1v) is 9.68. The van der Waals surface area contributed by atoms with Crippen molar-refractivity contribution in [2.75, 3.05) is 60.0 Å². The van der Waals surface area contributed by atoms with Crippen LogP contribution in [0.25, 0.3) is 0 Å². The van der Waals surface area contributed by atoms with Crippen molar-refractivity contribution in [3.8, 4) is 0 Å². The fourth-order valence-corrected chi connectivity index (χ4v) is 2.98. The van der Waals surface area contributed by atoms with Gasteiger partial charge in [0.2, 0.25) is 5.91 Å². The maximum atomic E-state index is 11.8. The van der Waals surface area contributed by atoms with E-state index < -0.39 is 0 Å². The van der Waals surface area contributed by atoms with Gasteiger partial charge in [-0.3, -0.25) is 9.69 Å². The van der Waals surface area contributed by atoms with Gasteiger partial charge in [-0.2, -0.15) is 0 Å². The summed E-state index contributed by atoms with van der Waals surface area (Å²) < 4.78 is 5.49. The van der Waals surface area contributed by atoms with Gasteiger partial charge in [0.05, 0.1) is 19.3 Å². The van der Waals surface area contributed by atoms with Crippen molar-refractivity contribution in [1.29, 1.82) is 0 Å². The molecule has 1 saturated heterocycles. The van der Waals surface area contributed by atoms with Gasteiger partial charge >= 0.3 is 0 Å². The topological polar surface area (TPSA) is 69.2 Å². The number of nitrogens with one attached hydrogen (secondary N) is 2. The van der Waals surface area contributed by atoms with Crippen molar-refractivity contribution in [3.05, 3.63) is 34.9 Å². The number of hydrogen-bond acceptors (Lipinski definition) is 4. The number of amides is 1. The Bertz CT molecular complexity index is 615. The van der Waals surface area contributed by atoms with Crippen molar-refractivity contribution in [1.82, 2.24) is 20.4 Å². The van der Waals surface area contributed by atoms with Crippen LogP contribution in [0.3, 0.4) is 0 Å². The number of likely N-dealkylation sites (N-methyl/N-ethyl adjacent to an activating group) is 1. The zero-order chi connectivity index (χ0) is 19.6. The lowest BCUT2D eigenvalue weighted by Crippen LogP contribution is -2.46. The number of halogens is 1. The summed E-state index contributed by atoms with van der Waals surface area (Å²) in [6, 6.07) is 8.12. The molecule has 1 heterocycles. The second kappa shape index (κ2) is 11.1. The largest absolute Gasteiger partial charge is 0.379 e. The van der Waals surface area contributed by atoms with Crippen molar-refractivity contribution < 1.29 is 9.53 Å². The fourth-order valence-electron chi connectivity index (χ4n) is 2.86. The highest BCUT2D eigenvalue weighted by molar-refractivity contribution is 6.30. The van der Waals surface area contributed by atoms with E-state index in [2.05, 4.69) is 32.7 Å². The highest BCUT2D eigenvalue weighted by Gasteiger charge is 2.23. The summed E-state index contributed by atoms with van der Waals surface area (Å²) in [6.45, 7) is 6.73. The second-order valence-electron chi connectivity index (χ2n) is 6.58. The SMILES string of the molecule is CCNC(=NCC(=O)N(C)C)NCC(c1ccc(Cl)cc1)N1CCOCC1. The van der Waals surface area contributed by atoms with Crippen LogP contribution >= 0.6 is 11.6 Å². The van der Waals surface area contributed by atoms with E-state index in [9.17, 15) is 4.79 Å². The van der Waals surface area contributed by atoms with Crippen LogP contribution in [0, 0.1) is 0 Å². The molecule has 1 aromatic carbocycles. The average Bonchev–Trinajstić information content (AvgIpc) is 2.68. The Labute approximate surface area is 166 Å². The summed E-state index contributed by atoms with van der Waals surface area (Å²) in [7, 11) is 3.46. The Balaban J connectivity index is 2.08. The summed E-state index contributed by atoms with van der Waals surface area (Å²) >= 11 is 6.05. The minimum Gasteiger partial charge on any atom is -0.379 e. The lowest BCUT2D eigenvalue weighted by Gasteiger charge is -2.35. The van der Waals surface area contributed by atoms with E-state index >= 15 is 0 Å². The van der Waals surface area contributed by atoms with Gasteiger partial charge in [0.1, 0.15) is 6.54 Å². The summed E-state index contributed by atoms with van der Waals surface area (Å²) in [6.07, 6.45) is 0. The zero-order valence-corrected chi connectivity index (χ0v) is 17.1. The smallest absolute Gasteiger partial charge is 0.243 e. The van der Waals surface area contributed by atoms with Gasteiger partial charge in [0.25, 0.3) is 0 Å². The molecule has 1 aromatic rings. The van der Waals surface area contributed by atoms with Crippen LogP contribution in [0.4, 0.5) is 0 Å². The van der Waals surface area contributed by atoms with E-state index in [0.29, 0.717) is 12.5 Å². The third kappa shape index (κ3) is 7.01. The molecule has 1 unspecified atom stereocenters. The Morgan fingerprint density at radius 2 is 1.93 bits per heavy atom. The molecule has 0 saturated carbocycles. The third-order valence-electron chi connectivity index (χ3n) is 4.42. The molecule has 0 aromatic heterocycles. The summed E-state index contributed by atoms with van der Waals surface area (Å²) in [4.78, 5) is 20.2. The Kier molecular flexibility index (Phi) is 8.84. The molecule has 1 atom stereocenters. The molecule has 2 N–H and O–H groups in total. The van der Waals surface area contributed by atoms with Gasteiger partial charge in [0, 0.05) is 45.3 Å². The number of rotatable bonds is 7. The summed E-state index contributed by atoms with van der Waals surface area (Å²) in [5.74, 6) is 0.606. The minimum absolute atomic E-state index is 0.0327. The first-order chi connectivity index (χ1) is 13.0. The van der Waals surface area contributed by atoms with E-state index in [1.54, 1.807) is 14.1 Å². The Morgan fingerprint density at radius 3 is 2.52 bits per heavy atom. The first kappa shape index (κ1) is 21.5. The molecule has 150 valence electrons. The van der Waals surface area contributed by atoms with E-state index in [1.807, 2.05) is 19.1 Å². The number of carbonyl (C=O) groups is 1. The molecule has 7 nitrogen and oxygen atoms in total. The molecule has 0 bridgehead atoms. The van der Waals surface area contributed by atoms with Crippen LogP contribution in [0.1, 0.15) is 18.5 Å². The van der Waals surface area contributed by atoms with Crippen LogP contribution in [-0.2, 0) is 9.53 Å². The van der Waals surface area contributed by atoms with Crippen molar-refractivity contribution in [3.63, 3.8) is 0 Å². The maximum absolute atomic E-state index is 11.8. The number of ether oxygens (including phenoxy) is 1. The van der Waals surface area contributed by atoms with Crippen LogP contribution in [-0.4, -0.2) is 81.7 Å². The maximum Gasteiger partial charge on any atom is 0.243 e. The van der Waals surface area contributed by atoms with E-state index in [4.69, 9.17) is 16.3 Å². The molecule has 2 rings (SSSR count). The van der Waals surface area contributed by atoms with Crippen molar-refractivity contribution >= 4 is 23.5 Å². The molecule has 0 aliphatic carbocycles. The van der Waals surface area contributed by atoms with Gasteiger partial charge in [-0.05, 0) is 24.6 Å². The fraction of sp³-hybridized carbons (Fsp3) is 0.579. The zero-order valence-electron chi connectivity index (χ0n) is 16.4. The van der Waals surface area contributed by atoms with E-state index in [0.717, 1.165) is 37.9 Å². The highest BCUT2D eigenvalue weighted by Crippen LogP contribution is 2.23. The monoisotopic (exact) mass is 395 g/mol. The first-order valence-electron chi connectivity index (χ1n) is 9.31. The van der Waals surface area contributed by atoms with Crippen LogP contribution < -0.4 is 10.6 Å². The van der Waals surface area contributed by atoms with E-state index in [1.165, 1.54) is 10.5 Å². The molecule has 1 fully saturated rings. The molecule has 1 aliphatic heterocycles. The average molecular weight is 396 g/mol. The number of guanidine groups is 1. The normalized spacial score (nSPS) is 16.7. The molecule has 0 spiro atoms. The molecule has 0 radical (unpaired) electrons. The third-order valence-corrected chi connectivity index (χ3v) is 4.67. The van der Waals surface area contributed by atoms with E-state index in [-0.39, 0.29) is 18.5 Å². The second-order valence-corrected chi connectivity index (χ2v) is 7.02. The number of nitrogens with zero attached hydrogens (tertiary/aromatic N) is 3. The Hall–Kier alpha value is -1.83. The van der Waals surface area contributed by atoms with Crippen LogP contribution in [0.15, 0.2) is 29.3 Å². The number of hydrogen-bond donors (Lipinski definition) is 2. The lowest BCUT2D eigenvalue weighted by molar-refractivity contribution is -0.127. The van der Waals surface area contributed by atoms with Crippen LogP contribution in [0.5, 0.6) is 0 Å². The van der Waals surface area contributed by atoms with Crippen molar-refractivity contribution in [2.24, 2.45) is 4.99 Å². The summed E-state index contributed by atoms with van der Waals surface area (Å²) in [5.41, 5.74) is 1.19. The molecule has 1 aliphatic rings. The molecule has 1 amide bonds. The van der Waals surface area contributed by atoms with Gasteiger partial charge in [-0.1, -0.05) is 23.7 Å². The highest BCUT2D eigenvalue weighted by atomic mass is 35.5.